The summed E-state index contributed by atoms with van der Waals surface area (Å²) in [6.07, 6.45) is 10.4. The van der Waals surface area contributed by atoms with Crippen molar-refractivity contribution in [1.29, 1.82) is 0 Å². The zero-order chi connectivity index (χ0) is 17.1. The van der Waals surface area contributed by atoms with Gasteiger partial charge in [-0.1, -0.05) is 24.3 Å². The van der Waals surface area contributed by atoms with Crippen molar-refractivity contribution in [2.75, 3.05) is 13.1 Å². The van der Waals surface area contributed by atoms with Crippen molar-refractivity contribution in [3.05, 3.63) is 72.3 Å². The van der Waals surface area contributed by atoms with E-state index in [4.69, 9.17) is 0 Å². The molecule has 0 radical (unpaired) electrons. The molecule has 1 aliphatic heterocycles. The Labute approximate surface area is 147 Å². The van der Waals surface area contributed by atoms with Gasteiger partial charge >= 0.3 is 0 Å². The maximum atomic E-state index is 12.7. The summed E-state index contributed by atoms with van der Waals surface area (Å²) in [5.74, 6) is 0.593. The van der Waals surface area contributed by atoms with E-state index in [9.17, 15) is 4.79 Å². The van der Waals surface area contributed by atoms with Gasteiger partial charge in [0.2, 0.25) is 0 Å². The normalized spacial score (nSPS) is 17.6. The minimum atomic E-state index is 0.114. The minimum Gasteiger partial charge on any atom is -0.338 e. The third kappa shape index (κ3) is 3.38. The molecule has 3 heterocycles. The van der Waals surface area contributed by atoms with Gasteiger partial charge in [-0.2, -0.15) is 0 Å². The first kappa shape index (κ1) is 15.8. The minimum absolute atomic E-state index is 0.114. The molecule has 1 atom stereocenters. The Morgan fingerprint density at radius 1 is 1.08 bits per heavy atom. The molecule has 4 nitrogen and oxygen atoms in total. The quantitative estimate of drug-likeness (QED) is 0.735. The first-order chi connectivity index (χ1) is 12.3. The van der Waals surface area contributed by atoms with Gasteiger partial charge in [-0.05, 0) is 48.3 Å². The van der Waals surface area contributed by atoms with Crippen molar-refractivity contribution in [2.24, 2.45) is 5.92 Å². The van der Waals surface area contributed by atoms with Gasteiger partial charge in [0, 0.05) is 48.8 Å². The Morgan fingerprint density at radius 3 is 2.80 bits per heavy atom. The molecule has 3 aromatic rings. The van der Waals surface area contributed by atoms with E-state index in [0.717, 1.165) is 37.9 Å². The molecule has 0 aliphatic carbocycles. The van der Waals surface area contributed by atoms with Crippen LogP contribution in [0.2, 0.25) is 0 Å². The molecule has 1 aromatic carbocycles. The molecule has 4 heteroatoms. The average Bonchev–Trinajstić information content (AvgIpc) is 2.69. The number of aromatic nitrogens is 2. The summed E-state index contributed by atoms with van der Waals surface area (Å²) in [6.45, 7) is 1.65. The number of carbonyl (C=O) groups excluding carboxylic acids is 1. The first-order valence-electron chi connectivity index (χ1n) is 8.82. The predicted octanol–water partition coefficient (Wildman–Crippen LogP) is 3.72. The molecule has 25 heavy (non-hydrogen) atoms. The smallest absolute Gasteiger partial charge is 0.253 e. The number of amides is 1. The van der Waals surface area contributed by atoms with Crippen LogP contribution in [-0.2, 0) is 6.42 Å². The number of hydrogen-bond donors (Lipinski definition) is 0. The number of hydrogen-bond acceptors (Lipinski definition) is 3. The third-order valence-electron chi connectivity index (χ3n) is 4.99. The van der Waals surface area contributed by atoms with Crippen LogP contribution in [0.15, 0.2) is 61.2 Å². The second kappa shape index (κ2) is 7.01. The summed E-state index contributed by atoms with van der Waals surface area (Å²) in [4.78, 5) is 23.1. The van der Waals surface area contributed by atoms with Gasteiger partial charge in [-0.25, -0.2) is 0 Å². The van der Waals surface area contributed by atoms with E-state index in [1.54, 1.807) is 24.5 Å². The molecule has 0 bridgehead atoms. The lowest BCUT2D eigenvalue weighted by Gasteiger charge is -2.33. The second-order valence-corrected chi connectivity index (χ2v) is 6.72. The number of likely N-dealkylation sites (tertiary alicyclic amines) is 1. The van der Waals surface area contributed by atoms with Gasteiger partial charge in [0.1, 0.15) is 0 Å². The van der Waals surface area contributed by atoms with E-state index < -0.39 is 0 Å². The zero-order valence-corrected chi connectivity index (χ0v) is 14.1. The van der Waals surface area contributed by atoms with Crippen LogP contribution >= 0.6 is 0 Å². The molecular formula is C21H21N3O. The third-order valence-corrected chi connectivity index (χ3v) is 4.99. The van der Waals surface area contributed by atoms with E-state index in [1.807, 2.05) is 23.4 Å². The Bertz CT molecular complexity index is 873. The summed E-state index contributed by atoms with van der Waals surface area (Å²) >= 11 is 0. The fraction of sp³-hybridized carbons (Fsp3) is 0.286. The van der Waals surface area contributed by atoms with Crippen LogP contribution in [0.25, 0.3) is 10.8 Å². The van der Waals surface area contributed by atoms with Crippen molar-refractivity contribution in [1.82, 2.24) is 14.9 Å². The number of rotatable bonds is 3. The number of pyridine rings is 2. The molecule has 2 aromatic heterocycles. The van der Waals surface area contributed by atoms with Crippen molar-refractivity contribution in [3.8, 4) is 0 Å². The fourth-order valence-corrected chi connectivity index (χ4v) is 3.75. The van der Waals surface area contributed by atoms with Gasteiger partial charge < -0.3 is 4.90 Å². The molecule has 4 rings (SSSR count). The molecular weight excluding hydrogens is 310 g/mol. The van der Waals surface area contributed by atoms with E-state index in [1.165, 1.54) is 16.3 Å². The molecule has 126 valence electrons. The topological polar surface area (TPSA) is 46.1 Å². The lowest BCUT2D eigenvalue weighted by molar-refractivity contribution is 0.0673. The highest BCUT2D eigenvalue weighted by atomic mass is 16.2. The number of benzene rings is 1. The van der Waals surface area contributed by atoms with Crippen LogP contribution in [0.1, 0.15) is 28.8 Å². The summed E-state index contributed by atoms with van der Waals surface area (Å²) in [5, 5.41) is 2.45. The molecule has 0 spiro atoms. The molecule has 1 saturated heterocycles. The predicted molar refractivity (Wildman–Crippen MR) is 98.3 cm³/mol. The van der Waals surface area contributed by atoms with Crippen LogP contribution in [0.5, 0.6) is 0 Å². The van der Waals surface area contributed by atoms with Crippen LogP contribution in [0, 0.1) is 5.92 Å². The van der Waals surface area contributed by atoms with Crippen molar-refractivity contribution < 1.29 is 4.79 Å². The van der Waals surface area contributed by atoms with Gasteiger partial charge in [0.15, 0.2) is 0 Å². The van der Waals surface area contributed by atoms with E-state index in [-0.39, 0.29) is 5.91 Å². The van der Waals surface area contributed by atoms with Crippen LogP contribution < -0.4 is 0 Å². The standard InChI is InChI=1S/C21H21N3O/c25-21(17-7-9-22-10-8-17)24-11-3-4-16(15-24)12-19-14-23-13-18-5-1-2-6-20(18)19/h1-2,5-10,13-14,16H,3-4,11-12,15H2. The Balaban J connectivity index is 1.51. The van der Waals surface area contributed by atoms with E-state index in [0.29, 0.717) is 5.92 Å². The summed E-state index contributed by atoms with van der Waals surface area (Å²) in [5.41, 5.74) is 2.00. The first-order valence-corrected chi connectivity index (χ1v) is 8.82. The van der Waals surface area contributed by atoms with E-state index >= 15 is 0 Å². The Hall–Kier alpha value is -2.75. The fourth-order valence-electron chi connectivity index (χ4n) is 3.75. The number of piperidine rings is 1. The van der Waals surface area contributed by atoms with Crippen LogP contribution in [0.4, 0.5) is 0 Å². The van der Waals surface area contributed by atoms with Gasteiger partial charge in [0.25, 0.3) is 5.91 Å². The van der Waals surface area contributed by atoms with Gasteiger partial charge in [0.05, 0.1) is 0 Å². The molecule has 0 saturated carbocycles. The monoisotopic (exact) mass is 331 g/mol. The maximum absolute atomic E-state index is 12.7. The van der Waals surface area contributed by atoms with E-state index in [2.05, 4.69) is 28.2 Å². The van der Waals surface area contributed by atoms with Crippen LogP contribution in [0.3, 0.4) is 0 Å². The molecule has 1 amide bonds. The molecule has 1 aliphatic rings. The molecule has 0 N–H and O–H groups in total. The average molecular weight is 331 g/mol. The lowest BCUT2D eigenvalue weighted by atomic mass is 9.90. The van der Waals surface area contributed by atoms with Crippen molar-refractivity contribution in [2.45, 2.75) is 19.3 Å². The highest BCUT2D eigenvalue weighted by Gasteiger charge is 2.25. The summed E-state index contributed by atoms with van der Waals surface area (Å²) in [6, 6.07) is 12.0. The van der Waals surface area contributed by atoms with Gasteiger partial charge in [-0.15, -0.1) is 0 Å². The largest absolute Gasteiger partial charge is 0.338 e. The molecule has 1 fully saturated rings. The van der Waals surface area contributed by atoms with Crippen molar-refractivity contribution in [3.63, 3.8) is 0 Å². The number of nitrogens with zero attached hydrogens (tertiary/aromatic N) is 3. The van der Waals surface area contributed by atoms with Gasteiger partial charge in [-0.3, -0.25) is 14.8 Å². The SMILES string of the molecule is O=C(c1ccncc1)N1CCCC(Cc2cncc3ccccc23)C1. The van der Waals surface area contributed by atoms with Crippen molar-refractivity contribution >= 4 is 16.7 Å². The highest BCUT2D eigenvalue weighted by molar-refractivity contribution is 5.94. The van der Waals surface area contributed by atoms with Crippen LogP contribution in [-0.4, -0.2) is 33.9 Å². The molecule has 1 unspecified atom stereocenters. The Kier molecular flexibility index (Phi) is 4.42. The number of carbonyl (C=O) groups is 1. The summed E-state index contributed by atoms with van der Waals surface area (Å²) < 4.78 is 0. The lowest BCUT2D eigenvalue weighted by Crippen LogP contribution is -2.40. The zero-order valence-electron chi connectivity index (χ0n) is 14.1. The summed E-state index contributed by atoms with van der Waals surface area (Å²) in [7, 11) is 0. The highest BCUT2D eigenvalue weighted by Crippen LogP contribution is 2.25. The second-order valence-electron chi connectivity index (χ2n) is 6.72. The number of fused-ring (bicyclic) bond motifs is 1. The Morgan fingerprint density at radius 2 is 1.92 bits per heavy atom. The maximum Gasteiger partial charge on any atom is 0.253 e.